The molecule has 3 rings (SSSR count). The molecule has 3 aliphatic carbocycles. The highest BCUT2D eigenvalue weighted by atomic mass is 16.1. The van der Waals surface area contributed by atoms with Gasteiger partial charge in [-0.2, -0.15) is 0 Å². The molecular weight excluding hydrogens is 232 g/mol. The van der Waals surface area contributed by atoms with E-state index in [-0.39, 0.29) is 12.3 Å². The van der Waals surface area contributed by atoms with Crippen LogP contribution in [0.1, 0.15) is 74.1 Å². The van der Waals surface area contributed by atoms with Gasteiger partial charge in [-0.05, 0) is 55.3 Å². The third-order valence-electron chi connectivity index (χ3n) is 6.76. The molecule has 1 heteroatoms. The maximum atomic E-state index is 12.3. The Morgan fingerprint density at radius 3 is 2.63 bits per heavy atom. The molecule has 1 nitrogen and oxygen atoms in total. The van der Waals surface area contributed by atoms with Gasteiger partial charge in [0.15, 0.2) is 0 Å². The Balaban J connectivity index is 0.00000147. The molecule has 0 heterocycles. The lowest BCUT2D eigenvalue weighted by Crippen LogP contribution is -2.54. The molecular formula is C18H30O. The van der Waals surface area contributed by atoms with E-state index in [1.165, 1.54) is 32.1 Å². The summed E-state index contributed by atoms with van der Waals surface area (Å²) in [7, 11) is 0. The van der Waals surface area contributed by atoms with E-state index in [9.17, 15) is 4.79 Å². The zero-order chi connectivity index (χ0) is 13.9. The second-order valence-electron chi connectivity index (χ2n) is 8.22. The average molecular weight is 262 g/mol. The summed E-state index contributed by atoms with van der Waals surface area (Å²) in [6, 6.07) is 0. The predicted octanol–water partition coefficient (Wildman–Crippen LogP) is 5.15. The molecule has 1 unspecified atom stereocenters. The number of rotatable bonds is 0. The fraction of sp³-hybridized carbons (Fsp3) is 0.833. The molecule has 0 aromatic carbocycles. The Morgan fingerprint density at radius 1 is 1.16 bits per heavy atom. The van der Waals surface area contributed by atoms with E-state index in [1.807, 2.05) is 0 Å². The van der Waals surface area contributed by atoms with Gasteiger partial charge in [0.05, 0.1) is 0 Å². The van der Waals surface area contributed by atoms with Crippen molar-refractivity contribution < 1.29 is 6.22 Å². The van der Waals surface area contributed by atoms with Gasteiger partial charge in [-0.15, -0.1) is 0 Å². The van der Waals surface area contributed by atoms with Gasteiger partial charge >= 0.3 is 0 Å². The molecule has 0 amide bonds. The summed E-state index contributed by atoms with van der Waals surface area (Å²) in [5, 5.41) is 0. The van der Waals surface area contributed by atoms with Crippen molar-refractivity contribution in [3.05, 3.63) is 11.6 Å². The number of hydrogen-bond donors (Lipinski definition) is 0. The van der Waals surface area contributed by atoms with Crippen LogP contribution in [0.25, 0.3) is 0 Å². The number of hydrogen-bond acceptors (Lipinski definition) is 1. The van der Waals surface area contributed by atoms with Gasteiger partial charge < -0.3 is 0 Å². The van der Waals surface area contributed by atoms with Crippen molar-refractivity contribution in [1.29, 1.82) is 0 Å². The summed E-state index contributed by atoms with van der Waals surface area (Å²) in [6.07, 6.45) is 10.9. The van der Waals surface area contributed by atoms with E-state index >= 15 is 0 Å². The third-order valence-corrected chi connectivity index (χ3v) is 6.76. The minimum atomic E-state index is -0.118. The molecule has 0 bridgehead atoms. The van der Waals surface area contributed by atoms with Crippen molar-refractivity contribution in [2.75, 3.05) is 0 Å². The topological polar surface area (TPSA) is 17.1 Å². The third kappa shape index (κ3) is 1.69. The zero-order valence-corrected chi connectivity index (χ0v) is 13.0. The predicted molar refractivity (Wildman–Crippen MR) is 81.0 cm³/mol. The normalized spacial score (nSPS) is 45.2. The Morgan fingerprint density at radius 2 is 1.89 bits per heavy atom. The molecule has 108 valence electrons. The molecule has 0 aliphatic heterocycles. The van der Waals surface area contributed by atoms with E-state index < -0.39 is 0 Å². The van der Waals surface area contributed by atoms with E-state index in [0.717, 1.165) is 12.8 Å². The van der Waals surface area contributed by atoms with E-state index in [4.69, 9.17) is 0 Å². The molecule has 3 aliphatic rings. The Hall–Kier alpha value is -0.590. The summed E-state index contributed by atoms with van der Waals surface area (Å²) < 4.78 is 0. The van der Waals surface area contributed by atoms with Crippen LogP contribution in [0.4, 0.5) is 0 Å². The van der Waals surface area contributed by atoms with Crippen LogP contribution < -0.4 is 0 Å². The van der Waals surface area contributed by atoms with Crippen LogP contribution in [0, 0.1) is 22.2 Å². The van der Waals surface area contributed by atoms with Gasteiger partial charge in [-0.1, -0.05) is 39.3 Å². The summed E-state index contributed by atoms with van der Waals surface area (Å²) in [4.78, 5) is 12.3. The number of ketones is 1. The SMILES string of the molecule is CC1(C)C(=O)CC[C@]2(C)C3=CCCC[C@]3(C)CCC12.[HH]. The molecule has 0 N–H and O–H groups in total. The summed E-state index contributed by atoms with van der Waals surface area (Å²) in [6.45, 7) is 9.33. The van der Waals surface area contributed by atoms with Gasteiger partial charge in [0.1, 0.15) is 5.78 Å². The Kier molecular flexibility index (Phi) is 2.79. The summed E-state index contributed by atoms with van der Waals surface area (Å²) in [5.74, 6) is 1.05. The first-order valence-corrected chi connectivity index (χ1v) is 8.05. The van der Waals surface area contributed by atoms with E-state index in [2.05, 4.69) is 33.8 Å². The fourth-order valence-electron chi connectivity index (χ4n) is 5.63. The molecule has 0 aromatic heterocycles. The molecule has 19 heavy (non-hydrogen) atoms. The van der Waals surface area contributed by atoms with E-state index in [0.29, 0.717) is 17.1 Å². The molecule has 2 fully saturated rings. The Bertz CT molecular complexity index is 450. The lowest BCUT2D eigenvalue weighted by atomic mass is 9.44. The van der Waals surface area contributed by atoms with Crippen molar-refractivity contribution >= 4 is 5.78 Å². The summed E-state index contributed by atoms with van der Waals surface area (Å²) in [5.41, 5.74) is 2.31. The maximum Gasteiger partial charge on any atom is 0.138 e. The number of carbonyl (C=O) groups is 1. The van der Waals surface area contributed by atoms with Crippen LogP contribution in [0.2, 0.25) is 0 Å². The molecule has 0 spiro atoms. The number of carbonyl (C=O) groups excluding carboxylic acids is 1. The molecule has 0 radical (unpaired) electrons. The first-order valence-electron chi connectivity index (χ1n) is 8.05. The highest BCUT2D eigenvalue weighted by Crippen LogP contribution is 2.65. The maximum absolute atomic E-state index is 12.3. The van der Waals surface area contributed by atoms with Gasteiger partial charge in [-0.25, -0.2) is 0 Å². The highest BCUT2D eigenvalue weighted by molar-refractivity contribution is 5.85. The van der Waals surface area contributed by atoms with E-state index in [1.54, 1.807) is 5.57 Å². The lowest BCUT2D eigenvalue weighted by molar-refractivity contribution is -0.141. The number of allylic oxidation sites excluding steroid dienone is 2. The van der Waals surface area contributed by atoms with Crippen LogP contribution in [0.5, 0.6) is 0 Å². The quantitative estimate of drug-likeness (QED) is 0.551. The first-order chi connectivity index (χ1) is 8.81. The standard InChI is InChI=1S/C18H28O.H2/c1-16(2)13-8-11-17(3)10-6-5-7-14(17)18(13,4)12-9-15(16)19;/h7,13H,5-6,8-12H2,1-4H3;1H/t13?,17-,18+;/m1./s1. The van der Waals surface area contributed by atoms with Gasteiger partial charge in [0.2, 0.25) is 0 Å². The second-order valence-corrected chi connectivity index (χ2v) is 8.22. The largest absolute Gasteiger partial charge is 0.299 e. The lowest BCUT2D eigenvalue weighted by Gasteiger charge is -2.60. The van der Waals surface area contributed by atoms with Crippen LogP contribution in [-0.2, 0) is 4.79 Å². The molecule has 2 saturated carbocycles. The van der Waals surface area contributed by atoms with Gasteiger partial charge in [0, 0.05) is 13.3 Å². The van der Waals surface area contributed by atoms with Crippen LogP contribution in [0.3, 0.4) is 0 Å². The van der Waals surface area contributed by atoms with Crippen molar-refractivity contribution in [1.82, 2.24) is 0 Å². The second kappa shape index (κ2) is 3.96. The number of Topliss-reactive ketones (excluding diaryl/α,β-unsaturated/α-hetero) is 1. The monoisotopic (exact) mass is 262 g/mol. The van der Waals surface area contributed by atoms with Gasteiger partial charge in [-0.3, -0.25) is 4.79 Å². The minimum absolute atomic E-state index is 0. The van der Waals surface area contributed by atoms with Crippen molar-refractivity contribution in [2.24, 2.45) is 22.2 Å². The van der Waals surface area contributed by atoms with Crippen LogP contribution >= 0.6 is 0 Å². The number of fused-ring (bicyclic) bond motifs is 3. The first kappa shape index (κ1) is 13.4. The van der Waals surface area contributed by atoms with Crippen LogP contribution in [0.15, 0.2) is 11.6 Å². The van der Waals surface area contributed by atoms with Crippen molar-refractivity contribution in [3.63, 3.8) is 0 Å². The zero-order valence-electron chi connectivity index (χ0n) is 13.0. The van der Waals surface area contributed by atoms with Crippen LogP contribution in [-0.4, -0.2) is 5.78 Å². The van der Waals surface area contributed by atoms with Gasteiger partial charge in [0.25, 0.3) is 0 Å². The summed E-state index contributed by atoms with van der Waals surface area (Å²) >= 11 is 0. The fourth-order valence-corrected chi connectivity index (χ4v) is 5.63. The Labute approximate surface area is 119 Å². The minimum Gasteiger partial charge on any atom is -0.299 e. The van der Waals surface area contributed by atoms with Crippen molar-refractivity contribution in [2.45, 2.75) is 72.6 Å². The smallest absolute Gasteiger partial charge is 0.138 e. The molecule has 3 atom stereocenters. The molecule has 0 aromatic rings. The highest BCUT2D eigenvalue weighted by Gasteiger charge is 2.57. The van der Waals surface area contributed by atoms with Crippen molar-refractivity contribution in [3.8, 4) is 0 Å². The average Bonchev–Trinajstić information content (AvgIpc) is 2.34. The molecule has 0 saturated heterocycles.